The highest BCUT2D eigenvalue weighted by molar-refractivity contribution is 6.06. The number of piperidine rings is 1. The maximum Gasteiger partial charge on any atom is 0.288 e. The van der Waals surface area contributed by atoms with Crippen molar-refractivity contribution in [3.63, 3.8) is 0 Å². The molecule has 2 saturated heterocycles. The first-order valence-corrected chi connectivity index (χ1v) is 6.50. The van der Waals surface area contributed by atoms with Crippen LogP contribution in [0.4, 0.5) is 0 Å². The SMILES string of the molecule is O=C1[C@H]2CCC[NH2+][C@@H]2C(=O)N1Cc1ccccc1. The lowest BCUT2D eigenvalue weighted by Gasteiger charge is -2.18. The highest BCUT2D eigenvalue weighted by Crippen LogP contribution is 2.25. The molecule has 0 radical (unpaired) electrons. The number of carbonyl (C=O) groups is 2. The van der Waals surface area contributed by atoms with Gasteiger partial charge in [0, 0.05) is 0 Å². The number of fused-ring (bicyclic) bond motifs is 1. The second-order valence-corrected chi connectivity index (χ2v) is 5.05. The molecule has 1 aromatic carbocycles. The quantitative estimate of drug-likeness (QED) is 0.740. The van der Waals surface area contributed by atoms with Gasteiger partial charge in [-0.3, -0.25) is 14.5 Å². The number of quaternary nitrogens is 1. The largest absolute Gasteiger partial charge is 0.335 e. The van der Waals surface area contributed by atoms with Gasteiger partial charge >= 0.3 is 0 Å². The van der Waals surface area contributed by atoms with E-state index in [-0.39, 0.29) is 23.8 Å². The van der Waals surface area contributed by atoms with Crippen molar-refractivity contribution in [3.05, 3.63) is 35.9 Å². The van der Waals surface area contributed by atoms with Gasteiger partial charge in [-0.25, -0.2) is 0 Å². The van der Waals surface area contributed by atoms with E-state index in [2.05, 4.69) is 0 Å². The Morgan fingerprint density at radius 3 is 2.67 bits per heavy atom. The van der Waals surface area contributed by atoms with E-state index in [4.69, 9.17) is 0 Å². The molecule has 94 valence electrons. The molecule has 2 fully saturated rings. The van der Waals surface area contributed by atoms with Crippen LogP contribution < -0.4 is 5.32 Å². The summed E-state index contributed by atoms with van der Waals surface area (Å²) in [4.78, 5) is 25.9. The fourth-order valence-corrected chi connectivity index (χ4v) is 2.94. The Kier molecular flexibility index (Phi) is 2.88. The van der Waals surface area contributed by atoms with Crippen molar-refractivity contribution in [2.24, 2.45) is 5.92 Å². The fraction of sp³-hybridized carbons (Fsp3) is 0.429. The molecule has 4 heteroatoms. The minimum Gasteiger partial charge on any atom is -0.335 e. The minimum atomic E-state index is -0.157. The molecule has 2 aliphatic rings. The van der Waals surface area contributed by atoms with E-state index < -0.39 is 0 Å². The second-order valence-electron chi connectivity index (χ2n) is 5.05. The molecule has 2 atom stereocenters. The van der Waals surface area contributed by atoms with Crippen LogP contribution in [-0.2, 0) is 16.1 Å². The maximum absolute atomic E-state index is 12.2. The molecule has 18 heavy (non-hydrogen) atoms. The van der Waals surface area contributed by atoms with Crippen molar-refractivity contribution in [2.45, 2.75) is 25.4 Å². The molecular weight excluding hydrogens is 228 g/mol. The van der Waals surface area contributed by atoms with Crippen molar-refractivity contribution >= 4 is 11.8 Å². The van der Waals surface area contributed by atoms with E-state index in [1.54, 1.807) is 0 Å². The number of likely N-dealkylation sites (tertiary alicyclic amines) is 1. The van der Waals surface area contributed by atoms with Gasteiger partial charge in [0.15, 0.2) is 6.04 Å². The number of hydrogen-bond acceptors (Lipinski definition) is 2. The van der Waals surface area contributed by atoms with Crippen LogP contribution in [0.2, 0.25) is 0 Å². The number of amides is 2. The number of benzene rings is 1. The normalized spacial score (nSPS) is 27.4. The third kappa shape index (κ3) is 1.82. The summed E-state index contributed by atoms with van der Waals surface area (Å²) in [6, 6.07) is 9.54. The van der Waals surface area contributed by atoms with Gasteiger partial charge in [-0.05, 0) is 18.4 Å². The van der Waals surface area contributed by atoms with Crippen molar-refractivity contribution in [1.29, 1.82) is 0 Å². The molecule has 2 aliphatic heterocycles. The van der Waals surface area contributed by atoms with Gasteiger partial charge in [0.05, 0.1) is 19.0 Å². The molecule has 2 amide bonds. The van der Waals surface area contributed by atoms with Crippen LogP contribution in [0.1, 0.15) is 18.4 Å². The van der Waals surface area contributed by atoms with Gasteiger partial charge in [-0.15, -0.1) is 0 Å². The molecule has 3 rings (SSSR count). The molecule has 2 N–H and O–H groups in total. The predicted octanol–water partition coefficient (Wildman–Crippen LogP) is -0.103. The van der Waals surface area contributed by atoms with Crippen LogP contribution >= 0.6 is 0 Å². The van der Waals surface area contributed by atoms with Gasteiger partial charge in [0.2, 0.25) is 5.91 Å². The van der Waals surface area contributed by atoms with Gasteiger partial charge in [-0.1, -0.05) is 30.3 Å². The van der Waals surface area contributed by atoms with E-state index in [1.807, 2.05) is 35.6 Å². The maximum atomic E-state index is 12.2. The molecule has 1 aromatic rings. The number of nitrogens with two attached hydrogens (primary N) is 1. The summed E-state index contributed by atoms with van der Waals surface area (Å²) in [6.45, 7) is 1.37. The van der Waals surface area contributed by atoms with Crippen LogP contribution in [0.25, 0.3) is 0 Å². The molecule has 0 unspecified atom stereocenters. The van der Waals surface area contributed by atoms with E-state index in [1.165, 1.54) is 4.90 Å². The summed E-state index contributed by atoms with van der Waals surface area (Å²) in [5.74, 6) is -0.0756. The lowest BCUT2D eigenvalue weighted by Crippen LogP contribution is -2.94. The van der Waals surface area contributed by atoms with E-state index in [9.17, 15) is 9.59 Å². The standard InChI is InChI=1S/C14H16N2O2/c17-13-11-7-4-8-15-12(11)14(18)16(13)9-10-5-2-1-3-6-10/h1-3,5-6,11-12,15H,4,7-9H2/p+1/t11-,12-/m0/s1. The predicted molar refractivity (Wildman–Crippen MR) is 65.3 cm³/mol. The Morgan fingerprint density at radius 1 is 1.17 bits per heavy atom. The van der Waals surface area contributed by atoms with Gasteiger partial charge < -0.3 is 5.32 Å². The monoisotopic (exact) mass is 245 g/mol. The lowest BCUT2D eigenvalue weighted by molar-refractivity contribution is -0.688. The Hall–Kier alpha value is -1.68. The smallest absolute Gasteiger partial charge is 0.288 e. The Bertz CT molecular complexity index is 448. The summed E-state index contributed by atoms with van der Waals surface area (Å²) in [6.07, 6.45) is 1.89. The zero-order valence-corrected chi connectivity index (χ0v) is 10.2. The van der Waals surface area contributed by atoms with Crippen molar-refractivity contribution in [1.82, 2.24) is 4.90 Å². The summed E-state index contributed by atoms with van der Waals surface area (Å²) < 4.78 is 0. The highest BCUT2D eigenvalue weighted by atomic mass is 16.2. The minimum absolute atomic E-state index is 0.00597. The molecular formula is C14H17N2O2+. The van der Waals surface area contributed by atoms with E-state index in [0.717, 1.165) is 24.9 Å². The number of carbonyl (C=O) groups excluding carboxylic acids is 2. The zero-order valence-electron chi connectivity index (χ0n) is 10.2. The Labute approximate surface area is 106 Å². The van der Waals surface area contributed by atoms with Crippen LogP contribution in [0.15, 0.2) is 30.3 Å². The van der Waals surface area contributed by atoms with Crippen molar-refractivity contribution in [3.8, 4) is 0 Å². The summed E-state index contributed by atoms with van der Waals surface area (Å²) >= 11 is 0. The lowest BCUT2D eigenvalue weighted by atomic mass is 9.93. The third-order valence-electron chi connectivity index (χ3n) is 3.89. The van der Waals surface area contributed by atoms with E-state index >= 15 is 0 Å². The molecule has 0 spiro atoms. The summed E-state index contributed by atoms with van der Waals surface area (Å²) in [5.41, 5.74) is 1.01. The first-order chi connectivity index (χ1) is 8.77. The second kappa shape index (κ2) is 4.53. The van der Waals surface area contributed by atoms with Crippen molar-refractivity contribution < 1.29 is 14.9 Å². The molecule has 0 aromatic heterocycles. The molecule has 0 aliphatic carbocycles. The van der Waals surface area contributed by atoms with Gasteiger partial charge in [0.1, 0.15) is 0 Å². The number of rotatable bonds is 2. The first-order valence-electron chi connectivity index (χ1n) is 6.50. The Balaban J connectivity index is 1.80. The third-order valence-corrected chi connectivity index (χ3v) is 3.89. The Morgan fingerprint density at radius 2 is 1.94 bits per heavy atom. The first kappa shape index (κ1) is 11.4. The number of nitrogens with zero attached hydrogens (tertiary/aromatic N) is 1. The van der Waals surface area contributed by atoms with Crippen molar-refractivity contribution in [2.75, 3.05) is 6.54 Å². The molecule has 4 nitrogen and oxygen atoms in total. The van der Waals surface area contributed by atoms with Crippen LogP contribution in [0.3, 0.4) is 0 Å². The van der Waals surface area contributed by atoms with Crippen LogP contribution in [-0.4, -0.2) is 29.3 Å². The topological polar surface area (TPSA) is 54.0 Å². The van der Waals surface area contributed by atoms with Crippen LogP contribution in [0, 0.1) is 5.92 Å². The molecule has 2 heterocycles. The zero-order chi connectivity index (χ0) is 12.5. The average molecular weight is 245 g/mol. The molecule has 0 saturated carbocycles. The number of imide groups is 1. The fourth-order valence-electron chi connectivity index (χ4n) is 2.94. The summed E-state index contributed by atoms with van der Waals surface area (Å²) in [5, 5.41) is 2.03. The van der Waals surface area contributed by atoms with Crippen LogP contribution in [0.5, 0.6) is 0 Å². The average Bonchev–Trinajstić information content (AvgIpc) is 2.66. The van der Waals surface area contributed by atoms with Gasteiger partial charge in [0.25, 0.3) is 5.91 Å². The highest BCUT2D eigenvalue weighted by Gasteiger charge is 2.51. The summed E-state index contributed by atoms with van der Waals surface area (Å²) in [7, 11) is 0. The number of hydrogen-bond donors (Lipinski definition) is 1. The molecule has 0 bridgehead atoms. The van der Waals surface area contributed by atoms with E-state index in [0.29, 0.717) is 6.54 Å². The van der Waals surface area contributed by atoms with Gasteiger partial charge in [-0.2, -0.15) is 0 Å².